The van der Waals surface area contributed by atoms with Gasteiger partial charge < -0.3 is 5.32 Å². The lowest BCUT2D eigenvalue weighted by molar-refractivity contribution is 0.436. The molecule has 0 saturated carbocycles. The van der Waals surface area contributed by atoms with Gasteiger partial charge in [-0.15, -0.1) is 11.6 Å². The fourth-order valence-corrected chi connectivity index (χ4v) is 0.894. The number of hydrogen-bond acceptors (Lipinski definition) is 1. The molecule has 0 aromatic rings. The summed E-state index contributed by atoms with van der Waals surface area (Å²) in [7, 11) is 0. The quantitative estimate of drug-likeness (QED) is 0.592. The number of halogens is 2. The van der Waals surface area contributed by atoms with E-state index in [0.717, 1.165) is 6.42 Å². The molecule has 56 valence electrons. The molecule has 0 aromatic heterocycles. The Morgan fingerprint density at radius 2 is 2.33 bits per heavy atom. The Kier molecular flexibility index (Phi) is 6.43. The van der Waals surface area contributed by atoms with Crippen molar-refractivity contribution in [3.63, 3.8) is 0 Å². The molecule has 0 aliphatic carbocycles. The Morgan fingerprint density at radius 3 is 2.78 bits per heavy atom. The molecular weight excluding hydrogens is 141 g/mol. The molecule has 0 rings (SSSR count). The summed E-state index contributed by atoms with van der Waals surface area (Å²) in [5.74, 6) is 0.639. The Balaban J connectivity index is 2.95. The summed E-state index contributed by atoms with van der Waals surface area (Å²) in [4.78, 5) is 0. The van der Waals surface area contributed by atoms with Crippen molar-refractivity contribution < 1.29 is 4.39 Å². The smallest absolute Gasteiger partial charge is 0.102 e. The summed E-state index contributed by atoms with van der Waals surface area (Å²) in [6.45, 7) is 2.14. The zero-order chi connectivity index (χ0) is 7.11. The summed E-state index contributed by atoms with van der Waals surface area (Å²) >= 11 is 5.44. The van der Waals surface area contributed by atoms with Crippen molar-refractivity contribution in [2.45, 2.75) is 19.4 Å². The lowest BCUT2D eigenvalue weighted by atomic mass is 10.3. The molecule has 3 heteroatoms. The van der Waals surface area contributed by atoms with Crippen molar-refractivity contribution in [3.8, 4) is 0 Å². The van der Waals surface area contributed by atoms with Crippen LogP contribution in [-0.2, 0) is 0 Å². The van der Waals surface area contributed by atoms with Crippen molar-refractivity contribution in [2.24, 2.45) is 0 Å². The average Bonchev–Trinajstić information content (AvgIpc) is 1.85. The standard InChI is InChI=1S/C6H13ClFN/c1-6(2-3-7)9-5-4-8/h6,9H,2-5H2,1H3. The van der Waals surface area contributed by atoms with E-state index in [1.54, 1.807) is 0 Å². The fourth-order valence-electron chi connectivity index (χ4n) is 0.567. The normalized spacial score (nSPS) is 13.7. The maximum atomic E-state index is 11.5. The van der Waals surface area contributed by atoms with E-state index in [2.05, 4.69) is 5.32 Å². The van der Waals surface area contributed by atoms with Crippen molar-refractivity contribution in [2.75, 3.05) is 19.1 Å². The Hall–Kier alpha value is 0.180. The Labute approximate surface area is 60.6 Å². The lowest BCUT2D eigenvalue weighted by Gasteiger charge is -2.08. The zero-order valence-electron chi connectivity index (χ0n) is 5.66. The Morgan fingerprint density at radius 1 is 1.67 bits per heavy atom. The van der Waals surface area contributed by atoms with Crippen LogP contribution >= 0.6 is 11.6 Å². The van der Waals surface area contributed by atoms with E-state index in [4.69, 9.17) is 11.6 Å². The molecule has 0 radical (unpaired) electrons. The first-order chi connectivity index (χ1) is 4.31. The third-order valence-corrected chi connectivity index (χ3v) is 1.35. The highest BCUT2D eigenvalue weighted by atomic mass is 35.5. The number of nitrogens with one attached hydrogen (secondary N) is 1. The summed E-state index contributed by atoms with van der Waals surface area (Å²) in [6, 6.07) is 0.346. The van der Waals surface area contributed by atoms with Crippen LogP contribution in [0.2, 0.25) is 0 Å². The third-order valence-electron chi connectivity index (χ3n) is 1.13. The molecule has 1 N–H and O–H groups in total. The van der Waals surface area contributed by atoms with Crippen molar-refractivity contribution in [3.05, 3.63) is 0 Å². The molecule has 0 aliphatic rings. The summed E-state index contributed by atoms with van der Waals surface area (Å²) in [5, 5.41) is 2.97. The maximum absolute atomic E-state index is 11.5. The Bertz CT molecular complexity index is 61.0. The minimum atomic E-state index is -0.299. The summed E-state index contributed by atoms with van der Waals surface area (Å²) in [5.41, 5.74) is 0. The molecule has 0 aliphatic heterocycles. The topological polar surface area (TPSA) is 12.0 Å². The molecule has 0 fully saturated rings. The first kappa shape index (κ1) is 9.18. The van der Waals surface area contributed by atoms with Gasteiger partial charge in [-0.05, 0) is 13.3 Å². The molecular formula is C6H13ClFN. The second-order valence-electron chi connectivity index (χ2n) is 2.02. The van der Waals surface area contributed by atoms with Gasteiger partial charge in [-0.2, -0.15) is 0 Å². The van der Waals surface area contributed by atoms with Crippen LogP contribution in [0.3, 0.4) is 0 Å². The van der Waals surface area contributed by atoms with Gasteiger partial charge in [0.05, 0.1) is 0 Å². The van der Waals surface area contributed by atoms with Gasteiger partial charge in [-0.3, -0.25) is 0 Å². The highest BCUT2D eigenvalue weighted by Crippen LogP contribution is 1.91. The SMILES string of the molecule is CC(CCCl)NCCF. The molecule has 0 amide bonds. The van der Waals surface area contributed by atoms with Crippen LogP contribution < -0.4 is 5.32 Å². The molecule has 0 saturated heterocycles. The minimum Gasteiger partial charge on any atom is -0.312 e. The summed E-state index contributed by atoms with van der Waals surface area (Å²) < 4.78 is 11.5. The van der Waals surface area contributed by atoms with Gasteiger partial charge in [-0.25, -0.2) is 4.39 Å². The van der Waals surface area contributed by atoms with E-state index in [1.165, 1.54) is 0 Å². The second-order valence-corrected chi connectivity index (χ2v) is 2.40. The van der Waals surface area contributed by atoms with Crippen LogP contribution in [0.15, 0.2) is 0 Å². The number of rotatable bonds is 5. The van der Waals surface area contributed by atoms with E-state index in [-0.39, 0.29) is 6.67 Å². The highest BCUT2D eigenvalue weighted by molar-refractivity contribution is 6.17. The lowest BCUT2D eigenvalue weighted by Crippen LogP contribution is -2.28. The third kappa shape index (κ3) is 6.06. The molecule has 9 heavy (non-hydrogen) atoms. The van der Waals surface area contributed by atoms with Crippen LogP contribution in [0.4, 0.5) is 4.39 Å². The molecule has 0 spiro atoms. The van der Waals surface area contributed by atoms with Crippen LogP contribution in [0.5, 0.6) is 0 Å². The van der Waals surface area contributed by atoms with Gasteiger partial charge >= 0.3 is 0 Å². The minimum absolute atomic E-state index is 0.299. The van der Waals surface area contributed by atoms with Crippen molar-refractivity contribution in [1.29, 1.82) is 0 Å². The largest absolute Gasteiger partial charge is 0.312 e. The van der Waals surface area contributed by atoms with Gasteiger partial charge in [0, 0.05) is 18.5 Å². The molecule has 1 nitrogen and oxygen atoms in total. The van der Waals surface area contributed by atoms with Crippen LogP contribution in [-0.4, -0.2) is 25.1 Å². The zero-order valence-corrected chi connectivity index (χ0v) is 6.42. The molecule has 1 atom stereocenters. The number of alkyl halides is 2. The first-order valence-electron chi connectivity index (χ1n) is 3.16. The first-order valence-corrected chi connectivity index (χ1v) is 3.70. The number of hydrogen-bond donors (Lipinski definition) is 1. The van der Waals surface area contributed by atoms with Gasteiger partial charge in [-0.1, -0.05) is 0 Å². The average molecular weight is 154 g/mol. The fraction of sp³-hybridized carbons (Fsp3) is 1.00. The maximum Gasteiger partial charge on any atom is 0.102 e. The van der Waals surface area contributed by atoms with Crippen molar-refractivity contribution in [1.82, 2.24) is 5.32 Å². The van der Waals surface area contributed by atoms with Gasteiger partial charge in [0.1, 0.15) is 6.67 Å². The second kappa shape index (κ2) is 6.30. The van der Waals surface area contributed by atoms with E-state index in [1.807, 2.05) is 6.92 Å². The summed E-state index contributed by atoms with van der Waals surface area (Å²) in [6.07, 6.45) is 0.904. The van der Waals surface area contributed by atoms with Crippen LogP contribution in [0.1, 0.15) is 13.3 Å². The van der Waals surface area contributed by atoms with E-state index in [9.17, 15) is 4.39 Å². The molecule has 0 aromatic carbocycles. The molecule has 1 unspecified atom stereocenters. The van der Waals surface area contributed by atoms with E-state index < -0.39 is 0 Å². The van der Waals surface area contributed by atoms with E-state index in [0.29, 0.717) is 18.5 Å². The predicted octanol–water partition coefficient (Wildman–Crippen LogP) is 1.56. The van der Waals surface area contributed by atoms with Gasteiger partial charge in [0.25, 0.3) is 0 Å². The van der Waals surface area contributed by atoms with E-state index >= 15 is 0 Å². The van der Waals surface area contributed by atoms with Crippen LogP contribution in [0.25, 0.3) is 0 Å². The molecule has 0 bridgehead atoms. The van der Waals surface area contributed by atoms with Crippen molar-refractivity contribution >= 4 is 11.6 Å². The molecule has 0 heterocycles. The highest BCUT2D eigenvalue weighted by Gasteiger charge is 1.96. The monoisotopic (exact) mass is 153 g/mol. The van der Waals surface area contributed by atoms with Gasteiger partial charge in [0.2, 0.25) is 0 Å². The van der Waals surface area contributed by atoms with Crippen LogP contribution in [0, 0.1) is 0 Å². The van der Waals surface area contributed by atoms with Gasteiger partial charge in [0.15, 0.2) is 0 Å². The predicted molar refractivity (Wildman–Crippen MR) is 38.8 cm³/mol.